The van der Waals surface area contributed by atoms with Gasteiger partial charge in [0.25, 0.3) is 5.91 Å². The van der Waals surface area contributed by atoms with E-state index in [9.17, 15) is 4.79 Å². The van der Waals surface area contributed by atoms with Crippen LogP contribution in [0.5, 0.6) is 5.75 Å². The van der Waals surface area contributed by atoms with Crippen molar-refractivity contribution in [3.05, 3.63) is 35.1 Å². The van der Waals surface area contributed by atoms with Crippen molar-refractivity contribution in [1.82, 2.24) is 9.78 Å². The molecular weight excluding hydrogens is 280 g/mol. The molecule has 0 aliphatic rings. The molecular formula is C13H15ClN4O2. The van der Waals surface area contributed by atoms with Crippen molar-refractivity contribution in [2.45, 2.75) is 6.92 Å². The van der Waals surface area contributed by atoms with Crippen molar-refractivity contribution in [2.24, 2.45) is 7.05 Å². The fourth-order valence-electron chi connectivity index (χ4n) is 1.80. The van der Waals surface area contributed by atoms with Gasteiger partial charge in [-0.05, 0) is 25.1 Å². The Kier molecular flexibility index (Phi) is 4.14. The fraction of sp³-hybridized carbons (Fsp3) is 0.231. The summed E-state index contributed by atoms with van der Waals surface area (Å²) in [6.45, 7) is 2.34. The Bertz CT molecular complexity index is 620. The molecule has 6 nitrogen and oxygen atoms in total. The molecule has 7 heteroatoms. The number of nitrogen functional groups attached to an aromatic ring is 1. The number of nitrogens with one attached hydrogen (secondary N) is 1. The number of aromatic nitrogens is 2. The number of ether oxygens (including phenoxy) is 1. The minimum absolute atomic E-state index is 0.285. The summed E-state index contributed by atoms with van der Waals surface area (Å²) in [4.78, 5) is 12.2. The Balaban J connectivity index is 2.30. The fourth-order valence-corrected chi connectivity index (χ4v) is 1.97. The molecule has 0 bridgehead atoms. The number of benzene rings is 1. The van der Waals surface area contributed by atoms with E-state index in [1.807, 2.05) is 6.92 Å². The lowest BCUT2D eigenvalue weighted by Crippen LogP contribution is -2.18. The molecule has 0 spiro atoms. The van der Waals surface area contributed by atoms with E-state index in [0.717, 1.165) is 0 Å². The van der Waals surface area contributed by atoms with Gasteiger partial charge in [-0.15, -0.1) is 0 Å². The van der Waals surface area contributed by atoms with Crippen LogP contribution < -0.4 is 15.8 Å². The van der Waals surface area contributed by atoms with Crippen molar-refractivity contribution in [3.8, 4) is 5.75 Å². The molecule has 0 aliphatic heterocycles. The summed E-state index contributed by atoms with van der Waals surface area (Å²) in [5.74, 6) is 0.178. The van der Waals surface area contributed by atoms with Gasteiger partial charge in [-0.1, -0.05) is 11.6 Å². The van der Waals surface area contributed by atoms with Crippen LogP contribution in [0, 0.1) is 0 Å². The van der Waals surface area contributed by atoms with E-state index in [1.165, 1.54) is 10.9 Å². The lowest BCUT2D eigenvalue weighted by Gasteiger charge is -2.12. The Morgan fingerprint density at radius 2 is 2.30 bits per heavy atom. The molecule has 1 heterocycles. The first-order chi connectivity index (χ1) is 9.52. The van der Waals surface area contributed by atoms with Crippen LogP contribution in [0.2, 0.25) is 5.02 Å². The van der Waals surface area contributed by atoms with Gasteiger partial charge in [-0.3, -0.25) is 9.48 Å². The number of aryl methyl sites for hydroxylation is 1. The van der Waals surface area contributed by atoms with Crippen LogP contribution >= 0.6 is 11.6 Å². The smallest absolute Gasteiger partial charge is 0.276 e. The predicted molar refractivity (Wildman–Crippen MR) is 78.2 cm³/mol. The number of halogens is 1. The summed E-state index contributed by atoms with van der Waals surface area (Å²) in [5.41, 5.74) is 6.81. The lowest BCUT2D eigenvalue weighted by atomic mass is 10.2. The first-order valence-electron chi connectivity index (χ1n) is 6.04. The first kappa shape index (κ1) is 14.2. The summed E-state index contributed by atoms with van der Waals surface area (Å²) >= 11 is 5.94. The van der Waals surface area contributed by atoms with Crippen LogP contribution in [0.1, 0.15) is 17.4 Å². The number of anilines is 2. The molecule has 1 amide bonds. The van der Waals surface area contributed by atoms with Crippen molar-refractivity contribution in [2.75, 3.05) is 17.7 Å². The molecule has 1 aromatic heterocycles. The zero-order chi connectivity index (χ0) is 14.7. The second-order valence-corrected chi connectivity index (χ2v) is 4.54. The van der Waals surface area contributed by atoms with Crippen molar-refractivity contribution in [1.29, 1.82) is 0 Å². The van der Waals surface area contributed by atoms with Crippen LogP contribution in [0.25, 0.3) is 0 Å². The molecule has 0 fully saturated rings. The molecule has 0 aliphatic carbocycles. The predicted octanol–water partition coefficient (Wildman–Crippen LogP) is 2.31. The van der Waals surface area contributed by atoms with Gasteiger partial charge in [-0.25, -0.2) is 0 Å². The number of hydrogen-bond acceptors (Lipinski definition) is 4. The van der Waals surface area contributed by atoms with Crippen LogP contribution in [-0.4, -0.2) is 22.3 Å². The van der Waals surface area contributed by atoms with Gasteiger partial charge in [0, 0.05) is 12.1 Å². The SMILES string of the molecule is CCOc1ccc(Cl)cc1NC(=O)c1c(N)cnn1C. The average molecular weight is 295 g/mol. The molecule has 2 rings (SSSR count). The van der Waals surface area contributed by atoms with Gasteiger partial charge in [0.1, 0.15) is 11.4 Å². The minimum Gasteiger partial charge on any atom is -0.492 e. The van der Waals surface area contributed by atoms with Gasteiger partial charge in [0.05, 0.1) is 24.2 Å². The van der Waals surface area contributed by atoms with Crippen molar-refractivity contribution >= 4 is 28.9 Å². The summed E-state index contributed by atoms with van der Waals surface area (Å²) in [5, 5.41) is 7.16. The number of amides is 1. The summed E-state index contributed by atoms with van der Waals surface area (Å²) < 4.78 is 6.86. The van der Waals surface area contributed by atoms with Gasteiger partial charge in [0.2, 0.25) is 0 Å². The van der Waals surface area contributed by atoms with E-state index in [-0.39, 0.29) is 11.6 Å². The lowest BCUT2D eigenvalue weighted by molar-refractivity contribution is 0.101. The third-order valence-electron chi connectivity index (χ3n) is 2.67. The van der Waals surface area contributed by atoms with Crippen LogP contribution in [0.15, 0.2) is 24.4 Å². The highest BCUT2D eigenvalue weighted by Crippen LogP contribution is 2.28. The number of hydrogen-bond donors (Lipinski definition) is 2. The highest BCUT2D eigenvalue weighted by atomic mass is 35.5. The Morgan fingerprint density at radius 1 is 1.55 bits per heavy atom. The topological polar surface area (TPSA) is 82.2 Å². The van der Waals surface area contributed by atoms with Crippen molar-refractivity contribution < 1.29 is 9.53 Å². The number of carbonyl (C=O) groups is 1. The van der Waals surface area contributed by atoms with E-state index < -0.39 is 0 Å². The second-order valence-electron chi connectivity index (χ2n) is 4.10. The van der Waals surface area contributed by atoms with Gasteiger partial charge >= 0.3 is 0 Å². The second kappa shape index (κ2) is 5.83. The van der Waals surface area contributed by atoms with Gasteiger partial charge < -0.3 is 15.8 Å². The van der Waals surface area contributed by atoms with Crippen LogP contribution in [0.4, 0.5) is 11.4 Å². The Hall–Kier alpha value is -2.21. The Labute approximate surface area is 121 Å². The average Bonchev–Trinajstić information content (AvgIpc) is 2.72. The number of nitrogens with zero attached hydrogens (tertiary/aromatic N) is 2. The summed E-state index contributed by atoms with van der Waals surface area (Å²) in [6, 6.07) is 5.02. The van der Waals surface area contributed by atoms with E-state index >= 15 is 0 Å². The molecule has 2 aromatic rings. The largest absolute Gasteiger partial charge is 0.492 e. The third kappa shape index (κ3) is 2.85. The highest BCUT2D eigenvalue weighted by Gasteiger charge is 2.17. The Morgan fingerprint density at radius 3 is 2.90 bits per heavy atom. The zero-order valence-corrected chi connectivity index (χ0v) is 11.9. The number of carbonyl (C=O) groups excluding carboxylic acids is 1. The molecule has 0 atom stereocenters. The quantitative estimate of drug-likeness (QED) is 0.906. The molecule has 106 valence electrons. The normalized spacial score (nSPS) is 10.3. The maximum absolute atomic E-state index is 12.2. The minimum atomic E-state index is -0.370. The first-order valence-corrected chi connectivity index (χ1v) is 6.42. The molecule has 0 saturated heterocycles. The molecule has 3 N–H and O–H groups in total. The van der Waals surface area contributed by atoms with E-state index in [1.54, 1.807) is 25.2 Å². The van der Waals surface area contributed by atoms with Crippen LogP contribution in [0.3, 0.4) is 0 Å². The number of nitrogens with two attached hydrogens (primary N) is 1. The van der Waals surface area contributed by atoms with E-state index in [2.05, 4.69) is 10.4 Å². The third-order valence-corrected chi connectivity index (χ3v) is 2.91. The standard InChI is InChI=1S/C13H15ClN4O2/c1-3-20-11-5-4-8(14)6-10(11)17-13(19)12-9(15)7-16-18(12)2/h4-7H,3,15H2,1-2H3,(H,17,19). The molecule has 0 saturated carbocycles. The highest BCUT2D eigenvalue weighted by molar-refractivity contribution is 6.31. The van der Waals surface area contributed by atoms with E-state index in [4.69, 9.17) is 22.1 Å². The van der Waals surface area contributed by atoms with Gasteiger partial charge in [0.15, 0.2) is 0 Å². The van der Waals surface area contributed by atoms with E-state index in [0.29, 0.717) is 28.8 Å². The zero-order valence-electron chi connectivity index (χ0n) is 11.2. The summed E-state index contributed by atoms with van der Waals surface area (Å²) in [7, 11) is 1.65. The number of rotatable bonds is 4. The van der Waals surface area contributed by atoms with Crippen molar-refractivity contribution in [3.63, 3.8) is 0 Å². The maximum Gasteiger partial charge on any atom is 0.276 e. The van der Waals surface area contributed by atoms with Gasteiger partial charge in [-0.2, -0.15) is 5.10 Å². The molecule has 0 radical (unpaired) electrons. The molecule has 20 heavy (non-hydrogen) atoms. The van der Waals surface area contributed by atoms with Crippen LogP contribution in [-0.2, 0) is 7.05 Å². The molecule has 0 unspecified atom stereocenters. The monoisotopic (exact) mass is 294 g/mol. The summed E-state index contributed by atoms with van der Waals surface area (Å²) in [6.07, 6.45) is 1.43. The maximum atomic E-state index is 12.2. The molecule has 1 aromatic carbocycles.